The molecule has 0 unspecified atom stereocenters. The molecule has 0 atom stereocenters. The molecule has 0 amide bonds. The van der Waals surface area contributed by atoms with Gasteiger partial charge in [0.05, 0.1) is 23.8 Å². The number of carbonyl (C=O) groups excluding carboxylic acids is 1. The fourth-order valence-electron chi connectivity index (χ4n) is 1.40. The first-order valence-corrected chi connectivity index (χ1v) is 8.73. The van der Waals surface area contributed by atoms with Crippen molar-refractivity contribution in [2.24, 2.45) is 0 Å². The molecule has 0 fully saturated rings. The van der Waals surface area contributed by atoms with E-state index in [0.717, 1.165) is 17.0 Å². The zero-order valence-corrected chi connectivity index (χ0v) is 12.8. The molecule has 1 N–H and O–H groups in total. The third kappa shape index (κ3) is 3.39. The number of methoxy groups -OCH3 is 1. The Morgan fingerprint density at radius 1 is 1.40 bits per heavy atom. The molecule has 108 valence electrons. The minimum Gasteiger partial charge on any atom is -0.464 e. The van der Waals surface area contributed by atoms with Crippen molar-refractivity contribution in [3.63, 3.8) is 0 Å². The van der Waals surface area contributed by atoms with E-state index in [0.29, 0.717) is 6.42 Å². The highest BCUT2D eigenvalue weighted by atomic mass is 32.2. The Bertz CT molecular complexity index is 678. The van der Waals surface area contributed by atoms with Gasteiger partial charge >= 0.3 is 5.97 Å². The van der Waals surface area contributed by atoms with Gasteiger partial charge in [0, 0.05) is 18.3 Å². The van der Waals surface area contributed by atoms with E-state index in [-0.39, 0.29) is 16.4 Å². The summed E-state index contributed by atoms with van der Waals surface area (Å²) in [6.45, 7) is 0.199. The van der Waals surface area contributed by atoms with Crippen molar-refractivity contribution in [1.82, 2.24) is 14.7 Å². The average Bonchev–Trinajstić information content (AvgIpc) is 3.08. The maximum atomic E-state index is 12.1. The van der Waals surface area contributed by atoms with Crippen molar-refractivity contribution in [2.45, 2.75) is 10.6 Å². The summed E-state index contributed by atoms with van der Waals surface area (Å²) in [7, 11) is -2.60. The summed E-state index contributed by atoms with van der Waals surface area (Å²) in [5.74, 6) is -0.772. The van der Waals surface area contributed by atoms with Crippen molar-refractivity contribution in [1.29, 1.82) is 0 Å². The highest BCUT2D eigenvalue weighted by Gasteiger charge is 2.26. The Labute approximate surface area is 123 Å². The molecule has 0 bridgehead atoms. The van der Waals surface area contributed by atoms with Gasteiger partial charge in [0.2, 0.25) is 0 Å². The lowest BCUT2D eigenvalue weighted by molar-refractivity contribution is 0.0590. The average molecular weight is 333 g/mol. The molecule has 10 heteroatoms. The van der Waals surface area contributed by atoms with Gasteiger partial charge in [0.1, 0.15) is 0 Å². The normalized spacial score (nSPS) is 11.4. The van der Waals surface area contributed by atoms with E-state index in [9.17, 15) is 13.2 Å². The SMILES string of the molecule is COC(=O)c1ncsc1S(=O)(=O)NCCc1cscn1. The van der Waals surface area contributed by atoms with Crippen LogP contribution in [0.4, 0.5) is 0 Å². The summed E-state index contributed by atoms with van der Waals surface area (Å²) in [6.07, 6.45) is 0.481. The number of sulfonamides is 1. The van der Waals surface area contributed by atoms with Crippen LogP contribution < -0.4 is 4.72 Å². The van der Waals surface area contributed by atoms with Gasteiger partial charge in [0.25, 0.3) is 10.0 Å². The third-order valence-corrected chi connectivity index (χ3v) is 5.78. The monoisotopic (exact) mass is 333 g/mol. The van der Waals surface area contributed by atoms with E-state index in [1.807, 2.05) is 5.38 Å². The topological polar surface area (TPSA) is 98.2 Å². The minimum atomic E-state index is -3.78. The molecule has 2 rings (SSSR count). The summed E-state index contributed by atoms with van der Waals surface area (Å²) in [5, 5.41) is 1.85. The standard InChI is InChI=1S/C10H11N3O4S3/c1-17-9(14)8-10(19-6-12-8)20(15,16)13-3-2-7-4-18-5-11-7/h4-6,13H,2-3H2,1H3. The lowest BCUT2D eigenvalue weighted by Crippen LogP contribution is -2.27. The van der Waals surface area contributed by atoms with Crippen molar-refractivity contribution in [2.75, 3.05) is 13.7 Å². The van der Waals surface area contributed by atoms with Gasteiger partial charge in [-0.25, -0.2) is 27.9 Å². The molecule has 2 heterocycles. The zero-order chi connectivity index (χ0) is 14.6. The highest BCUT2D eigenvalue weighted by Crippen LogP contribution is 2.20. The van der Waals surface area contributed by atoms with E-state index in [2.05, 4.69) is 19.4 Å². The maximum absolute atomic E-state index is 12.1. The summed E-state index contributed by atoms with van der Waals surface area (Å²) >= 11 is 2.32. The first-order valence-electron chi connectivity index (χ1n) is 5.43. The second-order valence-electron chi connectivity index (χ2n) is 3.61. The van der Waals surface area contributed by atoms with Gasteiger partial charge in [-0.15, -0.1) is 22.7 Å². The summed E-state index contributed by atoms with van der Waals surface area (Å²) < 4.78 is 31.0. The Kier molecular flexibility index (Phi) is 4.81. The Morgan fingerprint density at radius 2 is 2.20 bits per heavy atom. The van der Waals surface area contributed by atoms with Crippen molar-refractivity contribution < 1.29 is 17.9 Å². The molecule has 0 aliphatic heterocycles. The van der Waals surface area contributed by atoms with Crippen LogP contribution >= 0.6 is 22.7 Å². The fourth-order valence-corrected chi connectivity index (χ4v) is 4.20. The summed E-state index contributed by atoms with van der Waals surface area (Å²) in [4.78, 5) is 19.2. The molecule has 2 aromatic heterocycles. The van der Waals surface area contributed by atoms with Gasteiger partial charge in [-0.2, -0.15) is 0 Å². The van der Waals surface area contributed by atoms with Crippen LogP contribution in [0.15, 0.2) is 20.6 Å². The second-order valence-corrected chi connectivity index (χ2v) is 7.14. The number of hydrogen-bond acceptors (Lipinski definition) is 8. The molecule has 2 aromatic rings. The van der Waals surface area contributed by atoms with Crippen LogP contribution in [0.2, 0.25) is 0 Å². The number of carbonyl (C=O) groups is 1. The van der Waals surface area contributed by atoms with E-state index in [1.54, 1.807) is 5.51 Å². The molecule has 7 nitrogen and oxygen atoms in total. The zero-order valence-electron chi connectivity index (χ0n) is 10.4. The van der Waals surface area contributed by atoms with Crippen LogP contribution in [0.25, 0.3) is 0 Å². The largest absolute Gasteiger partial charge is 0.464 e. The summed E-state index contributed by atoms with van der Waals surface area (Å²) in [5.41, 5.74) is 3.60. The van der Waals surface area contributed by atoms with Crippen molar-refractivity contribution >= 4 is 38.7 Å². The Hall–Kier alpha value is -1.36. The number of ether oxygens (including phenoxy) is 1. The molecule has 0 spiro atoms. The van der Waals surface area contributed by atoms with E-state index in [1.165, 1.54) is 24.0 Å². The molecule has 0 aliphatic rings. The highest BCUT2D eigenvalue weighted by molar-refractivity contribution is 7.91. The molecule has 0 aliphatic carbocycles. The fraction of sp³-hybridized carbons (Fsp3) is 0.300. The number of rotatable bonds is 6. The quantitative estimate of drug-likeness (QED) is 0.789. The molecule has 0 saturated heterocycles. The molecular weight excluding hydrogens is 322 g/mol. The maximum Gasteiger partial charge on any atom is 0.358 e. The number of nitrogens with zero attached hydrogens (tertiary/aromatic N) is 2. The van der Waals surface area contributed by atoms with Gasteiger partial charge in [0.15, 0.2) is 9.90 Å². The lowest BCUT2D eigenvalue weighted by Gasteiger charge is -2.05. The molecular formula is C10H11N3O4S3. The minimum absolute atomic E-state index is 0.136. The lowest BCUT2D eigenvalue weighted by atomic mass is 10.3. The Balaban J connectivity index is 2.07. The Morgan fingerprint density at radius 3 is 2.85 bits per heavy atom. The number of aromatic nitrogens is 2. The molecule has 0 saturated carbocycles. The molecule has 0 radical (unpaired) electrons. The smallest absolute Gasteiger partial charge is 0.358 e. The number of thiazole rings is 2. The summed E-state index contributed by atoms with van der Waals surface area (Å²) in [6, 6.07) is 0. The van der Waals surface area contributed by atoms with Gasteiger partial charge in [-0.3, -0.25) is 0 Å². The van der Waals surface area contributed by atoms with Gasteiger partial charge in [-0.1, -0.05) is 0 Å². The van der Waals surface area contributed by atoms with Crippen molar-refractivity contribution in [3.05, 3.63) is 27.8 Å². The van der Waals surface area contributed by atoms with Crippen LogP contribution in [0.1, 0.15) is 16.2 Å². The number of esters is 1. The van der Waals surface area contributed by atoms with E-state index < -0.39 is 16.0 Å². The number of hydrogen-bond donors (Lipinski definition) is 1. The van der Waals surface area contributed by atoms with Gasteiger partial charge in [-0.05, 0) is 0 Å². The van der Waals surface area contributed by atoms with Crippen molar-refractivity contribution in [3.8, 4) is 0 Å². The van der Waals surface area contributed by atoms with Crippen LogP contribution in [-0.2, 0) is 21.2 Å². The predicted molar refractivity (Wildman–Crippen MR) is 74.5 cm³/mol. The van der Waals surface area contributed by atoms with E-state index in [4.69, 9.17) is 0 Å². The predicted octanol–water partition coefficient (Wildman–Crippen LogP) is 0.907. The van der Waals surface area contributed by atoms with Gasteiger partial charge < -0.3 is 4.74 Å². The van der Waals surface area contributed by atoms with Crippen LogP contribution in [-0.4, -0.2) is 38.0 Å². The van der Waals surface area contributed by atoms with Crippen LogP contribution in [0, 0.1) is 0 Å². The first-order chi connectivity index (χ1) is 9.54. The van der Waals surface area contributed by atoms with E-state index >= 15 is 0 Å². The molecule has 0 aromatic carbocycles. The van der Waals surface area contributed by atoms with Crippen LogP contribution in [0.5, 0.6) is 0 Å². The first kappa shape index (κ1) is 15.0. The molecule has 20 heavy (non-hydrogen) atoms. The second kappa shape index (κ2) is 6.39. The third-order valence-electron chi connectivity index (χ3n) is 2.31. The van der Waals surface area contributed by atoms with Crippen LogP contribution in [0.3, 0.4) is 0 Å². The number of nitrogens with one attached hydrogen (secondary N) is 1.